The summed E-state index contributed by atoms with van der Waals surface area (Å²) in [4.78, 5) is 16.9. The number of anilines is 1. The molecule has 8 heteroatoms. The Morgan fingerprint density at radius 3 is 2.67 bits per heavy atom. The third-order valence-corrected chi connectivity index (χ3v) is 4.33. The zero-order valence-corrected chi connectivity index (χ0v) is 14.7. The second kappa shape index (κ2) is 6.35. The first-order valence-electron chi connectivity index (χ1n) is 8.33. The lowest BCUT2D eigenvalue weighted by Gasteiger charge is -2.19. The summed E-state index contributed by atoms with van der Waals surface area (Å²) in [6, 6.07) is 1.78. The maximum Gasteiger partial charge on any atom is 0.278 e. The van der Waals surface area contributed by atoms with Crippen molar-refractivity contribution in [3.63, 3.8) is 0 Å². The summed E-state index contributed by atoms with van der Waals surface area (Å²) in [5.41, 5.74) is 1.19. The fourth-order valence-corrected chi connectivity index (χ4v) is 2.75. The van der Waals surface area contributed by atoms with Gasteiger partial charge in [0.25, 0.3) is 5.91 Å². The van der Waals surface area contributed by atoms with E-state index in [1.165, 1.54) is 0 Å². The number of H-pyrrole nitrogens is 1. The molecule has 3 heterocycles. The number of nitrogens with one attached hydrogen (secondary N) is 3. The standard InChI is InChI=1S/C16H25N7O/c1-16(2,3)12-9-11(20-21-12)14(24)19-15-18-13(22-23(15)4)10-5-7-17-8-6-10/h9-10,17H,5-8H2,1-4H3,(H,20,21)(H,18,19,22,24). The van der Waals surface area contributed by atoms with Crippen molar-refractivity contribution in [1.29, 1.82) is 0 Å². The molecule has 1 saturated heterocycles. The summed E-state index contributed by atoms with van der Waals surface area (Å²) in [5, 5.41) is 17.6. The van der Waals surface area contributed by atoms with Crippen LogP contribution in [0, 0.1) is 0 Å². The van der Waals surface area contributed by atoms with Crippen molar-refractivity contribution in [3.8, 4) is 0 Å². The summed E-state index contributed by atoms with van der Waals surface area (Å²) in [6.07, 6.45) is 2.04. The third kappa shape index (κ3) is 3.48. The SMILES string of the molecule is Cn1nc(C2CCNCC2)nc1NC(=O)c1cc(C(C)(C)C)[nH]n1. The lowest BCUT2D eigenvalue weighted by atomic mass is 9.92. The highest BCUT2D eigenvalue weighted by Crippen LogP contribution is 2.24. The summed E-state index contributed by atoms with van der Waals surface area (Å²) >= 11 is 0. The van der Waals surface area contributed by atoms with Crippen LogP contribution in [0.5, 0.6) is 0 Å². The number of hydrogen-bond acceptors (Lipinski definition) is 5. The molecule has 1 amide bonds. The maximum atomic E-state index is 12.4. The number of rotatable bonds is 3. The largest absolute Gasteiger partial charge is 0.317 e. The summed E-state index contributed by atoms with van der Waals surface area (Å²) < 4.78 is 1.62. The molecule has 3 rings (SSSR count). The van der Waals surface area contributed by atoms with Gasteiger partial charge in [-0.15, -0.1) is 0 Å². The Kier molecular flexibility index (Phi) is 4.40. The molecular weight excluding hydrogens is 306 g/mol. The van der Waals surface area contributed by atoms with Crippen LogP contribution in [0.4, 0.5) is 5.95 Å². The first kappa shape index (κ1) is 16.6. The average Bonchev–Trinajstić information content (AvgIpc) is 3.16. The van der Waals surface area contributed by atoms with Gasteiger partial charge >= 0.3 is 0 Å². The molecule has 0 unspecified atom stereocenters. The first-order chi connectivity index (χ1) is 11.3. The van der Waals surface area contributed by atoms with E-state index in [9.17, 15) is 4.79 Å². The Morgan fingerprint density at radius 2 is 2.04 bits per heavy atom. The number of aryl methyl sites for hydroxylation is 1. The van der Waals surface area contributed by atoms with Crippen molar-refractivity contribution in [2.45, 2.75) is 44.9 Å². The fourth-order valence-electron chi connectivity index (χ4n) is 2.75. The highest BCUT2D eigenvalue weighted by atomic mass is 16.2. The van der Waals surface area contributed by atoms with Gasteiger partial charge in [0, 0.05) is 24.1 Å². The number of aromatic nitrogens is 5. The molecule has 1 aliphatic rings. The van der Waals surface area contributed by atoms with Gasteiger partial charge in [-0.1, -0.05) is 20.8 Å². The average molecular weight is 331 g/mol. The van der Waals surface area contributed by atoms with Gasteiger partial charge in [0.1, 0.15) is 0 Å². The molecule has 0 saturated carbocycles. The van der Waals surface area contributed by atoms with Crippen LogP contribution >= 0.6 is 0 Å². The highest BCUT2D eigenvalue weighted by molar-refractivity contribution is 6.01. The molecule has 0 aromatic carbocycles. The molecule has 0 spiro atoms. The van der Waals surface area contributed by atoms with Crippen LogP contribution in [-0.4, -0.2) is 44.0 Å². The van der Waals surface area contributed by atoms with E-state index in [1.54, 1.807) is 17.8 Å². The van der Waals surface area contributed by atoms with Crippen molar-refractivity contribution < 1.29 is 4.79 Å². The van der Waals surface area contributed by atoms with Gasteiger partial charge in [-0.3, -0.25) is 15.2 Å². The fraction of sp³-hybridized carbons (Fsp3) is 0.625. The van der Waals surface area contributed by atoms with E-state index < -0.39 is 0 Å². The molecule has 24 heavy (non-hydrogen) atoms. The Morgan fingerprint density at radius 1 is 1.33 bits per heavy atom. The summed E-state index contributed by atoms with van der Waals surface area (Å²) in [7, 11) is 1.79. The third-order valence-electron chi connectivity index (χ3n) is 4.33. The van der Waals surface area contributed by atoms with Crippen LogP contribution in [-0.2, 0) is 12.5 Å². The summed E-state index contributed by atoms with van der Waals surface area (Å²) in [5.74, 6) is 1.32. The van der Waals surface area contributed by atoms with Gasteiger partial charge in [0.05, 0.1) is 0 Å². The first-order valence-corrected chi connectivity index (χ1v) is 8.33. The lowest BCUT2D eigenvalue weighted by Crippen LogP contribution is -2.27. The Hall–Kier alpha value is -2.22. The molecule has 0 bridgehead atoms. The number of carbonyl (C=O) groups excluding carboxylic acids is 1. The van der Waals surface area contributed by atoms with Gasteiger partial charge in [-0.2, -0.15) is 15.2 Å². The predicted octanol–water partition coefficient (Wildman–Crippen LogP) is 1.55. The molecule has 0 aliphatic carbocycles. The van der Waals surface area contributed by atoms with Crippen LogP contribution in [0.1, 0.15) is 61.5 Å². The second-order valence-corrected chi connectivity index (χ2v) is 7.31. The van der Waals surface area contributed by atoms with Gasteiger partial charge in [0.2, 0.25) is 5.95 Å². The molecule has 2 aromatic heterocycles. The Balaban J connectivity index is 1.72. The van der Waals surface area contributed by atoms with E-state index in [0.717, 1.165) is 37.4 Å². The van der Waals surface area contributed by atoms with Crippen molar-refractivity contribution in [3.05, 3.63) is 23.3 Å². The Bertz CT molecular complexity index is 719. The van der Waals surface area contributed by atoms with E-state index in [2.05, 4.69) is 51.7 Å². The number of aromatic amines is 1. The van der Waals surface area contributed by atoms with Crippen molar-refractivity contribution in [2.75, 3.05) is 18.4 Å². The van der Waals surface area contributed by atoms with E-state index >= 15 is 0 Å². The number of hydrogen-bond donors (Lipinski definition) is 3. The zero-order valence-electron chi connectivity index (χ0n) is 14.7. The predicted molar refractivity (Wildman–Crippen MR) is 91.1 cm³/mol. The molecule has 130 valence electrons. The van der Waals surface area contributed by atoms with Gasteiger partial charge in [-0.05, 0) is 32.0 Å². The van der Waals surface area contributed by atoms with E-state index in [0.29, 0.717) is 17.6 Å². The quantitative estimate of drug-likeness (QED) is 0.792. The van der Waals surface area contributed by atoms with E-state index in [4.69, 9.17) is 0 Å². The normalized spacial score (nSPS) is 16.3. The molecule has 8 nitrogen and oxygen atoms in total. The van der Waals surface area contributed by atoms with Crippen molar-refractivity contribution in [1.82, 2.24) is 30.3 Å². The van der Waals surface area contributed by atoms with Crippen LogP contribution in [0.3, 0.4) is 0 Å². The molecule has 2 aromatic rings. The minimum absolute atomic E-state index is 0.0848. The Labute approximate surface area is 141 Å². The van der Waals surface area contributed by atoms with Gasteiger partial charge < -0.3 is 5.32 Å². The van der Waals surface area contributed by atoms with Crippen LogP contribution < -0.4 is 10.6 Å². The van der Waals surface area contributed by atoms with Crippen LogP contribution in [0.25, 0.3) is 0 Å². The molecular formula is C16H25N7O. The number of nitrogens with zero attached hydrogens (tertiary/aromatic N) is 4. The number of carbonyl (C=O) groups is 1. The minimum Gasteiger partial charge on any atom is -0.317 e. The molecule has 0 radical (unpaired) electrons. The van der Waals surface area contributed by atoms with E-state index in [1.807, 2.05) is 0 Å². The highest BCUT2D eigenvalue weighted by Gasteiger charge is 2.23. The second-order valence-electron chi connectivity index (χ2n) is 7.31. The van der Waals surface area contributed by atoms with E-state index in [-0.39, 0.29) is 11.3 Å². The van der Waals surface area contributed by atoms with Crippen molar-refractivity contribution >= 4 is 11.9 Å². The van der Waals surface area contributed by atoms with Crippen LogP contribution in [0.2, 0.25) is 0 Å². The number of piperidine rings is 1. The van der Waals surface area contributed by atoms with Crippen molar-refractivity contribution in [2.24, 2.45) is 7.05 Å². The molecule has 3 N–H and O–H groups in total. The monoisotopic (exact) mass is 331 g/mol. The van der Waals surface area contributed by atoms with Gasteiger partial charge in [-0.25, -0.2) is 4.68 Å². The molecule has 0 atom stereocenters. The maximum absolute atomic E-state index is 12.4. The number of amides is 1. The minimum atomic E-state index is -0.283. The van der Waals surface area contributed by atoms with Crippen LogP contribution in [0.15, 0.2) is 6.07 Å². The zero-order chi connectivity index (χ0) is 17.3. The topological polar surface area (TPSA) is 101 Å². The molecule has 1 fully saturated rings. The summed E-state index contributed by atoms with van der Waals surface area (Å²) in [6.45, 7) is 8.16. The smallest absolute Gasteiger partial charge is 0.278 e. The lowest BCUT2D eigenvalue weighted by molar-refractivity contribution is 0.102. The molecule has 1 aliphatic heterocycles. The van der Waals surface area contributed by atoms with Gasteiger partial charge in [0.15, 0.2) is 11.5 Å².